The van der Waals surface area contributed by atoms with Gasteiger partial charge in [0.15, 0.2) is 0 Å². The highest BCUT2D eigenvalue weighted by atomic mass is 16.2. The summed E-state index contributed by atoms with van der Waals surface area (Å²) in [5.41, 5.74) is 2.34. The largest absolute Gasteiger partial charge is 0.342 e. The Morgan fingerprint density at radius 2 is 2.03 bits per heavy atom. The topological polar surface area (TPSA) is 67.2 Å². The van der Waals surface area contributed by atoms with Gasteiger partial charge in [0.05, 0.1) is 12.1 Å². The van der Waals surface area contributed by atoms with E-state index in [-0.39, 0.29) is 5.91 Å². The van der Waals surface area contributed by atoms with Crippen LogP contribution in [-0.4, -0.2) is 55.1 Å². The van der Waals surface area contributed by atoms with E-state index in [1.807, 2.05) is 17.2 Å². The molecule has 1 aromatic carbocycles. The van der Waals surface area contributed by atoms with Gasteiger partial charge in [0.1, 0.15) is 11.6 Å². The molecule has 2 aliphatic rings. The van der Waals surface area contributed by atoms with Gasteiger partial charge in [-0.2, -0.15) is 0 Å². The summed E-state index contributed by atoms with van der Waals surface area (Å²) in [7, 11) is 0. The maximum Gasteiger partial charge on any atom is 0.219 e. The van der Waals surface area contributed by atoms with Crippen molar-refractivity contribution in [3.63, 3.8) is 0 Å². The van der Waals surface area contributed by atoms with Gasteiger partial charge in [0, 0.05) is 57.1 Å². The standard InChI is InChI=1S/C22H26N6O/c1-16(29)27-10-4-5-18(14-27)22-25-24-21-15-26(11-12-28(21)22)13-17-8-9-23-20-7-3-2-6-19(17)20/h2-3,6-9,18H,4-5,10-15H2,1H3. The number of benzene rings is 1. The highest BCUT2D eigenvalue weighted by Gasteiger charge is 2.30. The summed E-state index contributed by atoms with van der Waals surface area (Å²) in [6.45, 7) is 6.83. The molecule has 29 heavy (non-hydrogen) atoms. The van der Waals surface area contributed by atoms with Crippen molar-refractivity contribution in [2.45, 2.75) is 45.3 Å². The van der Waals surface area contributed by atoms with Crippen molar-refractivity contribution >= 4 is 16.8 Å². The van der Waals surface area contributed by atoms with Crippen LogP contribution in [0.2, 0.25) is 0 Å². The lowest BCUT2D eigenvalue weighted by molar-refractivity contribution is -0.130. The lowest BCUT2D eigenvalue weighted by Gasteiger charge is -2.33. The Morgan fingerprint density at radius 3 is 2.93 bits per heavy atom. The highest BCUT2D eigenvalue weighted by molar-refractivity contribution is 5.81. The third kappa shape index (κ3) is 3.51. The Balaban J connectivity index is 1.33. The molecule has 0 N–H and O–H groups in total. The first-order chi connectivity index (χ1) is 14.2. The maximum absolute atomic E-state index is 11.8. The van der Waals surface area contributed by atoms with E-state index in [0.29, 0.717) is 5.92 Å². The normalized spacial score (nSPS) is 20.0. The molecule has 2 aromatic heterocycles. The zero-order valence-corrected chi connectivity index (χ0v) is 16.8. The molecular weight excluding hydrogens is 364 g/mol. The van der Waals surface area contributed by atoms with E-state index in [1.54, 1.807) is 6.92 Å². The van der Waals surface area contributed by atoms with Crippen LogP contribution < -0.4 is 0 Å². The summed E-state index contributed by atoms with van der Waals surface area (Å²) in [5, 5.41) is 10.3. The number of fused-ring (bicyclic) bond motifs is 2. The predicted octanol–water partition coefficient (Wildman–Crippen LogP) is 2.57. The van der Waals surface area contributed by atoms with Gasteiger partial charge in [-0.3, -0.25) is 14.7 Å². The molecule has 0 spiro atoms. The van der Waals surface area contributed by atoms with Gasteiger partial charge in [-0.1, -0.05) is 18.2 Å². The second-order valence-electron chi connectivity index (χ2n) is 8.13. The number of carbonyl (C=O) groups excluding carboxylic acids is 1. The minimum absolute atomic E-state index is 0.156. The van der Waals surface area contributed by atoms with Crippen molar-refractivity contribution in [1.29, 1.82) is 0 Å². The van der Waals surface area contributed by atoms with Gasteiger partial charge in [0.2, 0.25) is 5.91 Å². The summed E-state index contributed by atoms with van der Waals surface area (Å²) in [5.74, 6) is 2.54. The number of piperidine rings is 1. The number of pyridine rings is 1. The quantitative estimate of drug-likeness (QED) is 0.688. The van der Waals surface area contributed by atoms with Gasteiger partial charge < -0.3 is 9.47 Å². The molecule has 1 atom stereocenters. The van der Waals surface area contributed by atoms with Crippen LogP contribution in [0, 0.1) is 0 Å². The van der Waals surface area contributed by atoms with Crippen LogP contribution in [0.5, 0.6) is 0 Å². The number of amides is 1. The predicted molar refractivity (Wildman–Crippen MR) is 110 cm³/mol. The molecule has 150 valence electrons. The smallest absolute Gasteiger partial charge is 0.219 e. The number of likely N-dealkylation sites (tertiary alicyclic amines) is 1. The minimum atomic E-state index is 0.156. The molecule has 0 bridgehead atoms. The zero-order chi connectivity index (χ0) is 19.8. The first-order valence-electron chi connectivity index (χ1n) is 10.4. The molecule has 7 nitrogen and oxygen atoms in total. The fourth-order valence-corrected chi connectivity index (χ4v) is 4.67. The van der Waals surface area contributed by atoms with Gasteiger partial charge in [-0.15, -0.1) is 10.2 Å². The van der Waals surface area contributed by atoms with Crippen molar-refractivity contribution in [3.05, 3.63) is 53.7 Å². The summed E-state index contributed by atoms with van der Waals surface area (Å²) < 4.78 is 2.29. The molecule has 0 aliphatic carbocycles. The van der Waals surface area contributed by atoms with Gasteiger partial charge >= 0.3 is 0 Å². The zero-order valence-electron chi connectivity index (χ0n) is 16.8. The first kappa shape index (κ1) is 18.2. The van der Waals surface area contributed by atoms with E-state index < -0.39 is 0 Å². The maximum atomic E-state index is 11.8. The molecule has 7 heteroatoms. The molecule has 0 saturated carbocycles. The van der Waals surface area contributed by atoms with E-state index in [0.717, 1.165) is 69.3 Å². The SMILES string of the molecule is CC(=O)N1CCCC(c2nnc3n2CCN(Cc2ccnc4ccccc24)C3)C1. The molecule has 2 aliphatic heterocycles. The monoisotopic (exact) mass is 390 g/mol. The highest BCUT2D eigenvalue weighted by Crippen LogP contribution is 2.28. The Morgan fingerprint density at radius 1 is 1.14 bits per heavy atom. The summed E-state index contributed by atoms with van der Waals surface area (Å²) in [4.78, 5) is 20.6. The average Bonchev–Trinajstić information content (AvgIpc) is 3.17. The van der Waals surface area contributed by atoms with Crippen LogP contribution in [0.3, 0.4) is 0 Å². The van der Waals surface area contributed by atoms with E-state index in [4.69, 9.17) is 0 Å². The van der Waals surface area contributed by atoms with Crippen molar-refractivity contribution in [2.75, 3.05) is 19.6 Å². The van der Waals surface area contributed by atoms with Crippen molar-refractivity contribution in [1.82, 2.24) is 29.5 Å². The Bertz CT molecular complexity index is 1040. The second-order valence-corrected chi connectivity index (χ2v) is 8.13. The summed E-state index contributed by atoms with van der Waals surface area (Å²) in [6.07, 6.45) is 4.01. The summed E-state index contributed by atoms with van der Waals surface area (Å²) >= 11 is 0. The van der Waals surface area contributed by atoms with E-state index >= 15 is 0 Å². The Hall–Kier alpha value is -2.80. The van der Waals surface area contributed by atoms with Gasteiger partial charge in [0.25, 0.3) is 0 Å². The average molecular weight is 390 g/mol. The van der Waals surface area contributed by atoms with Crippen molar-refractivity contribution < 1.29 is 4.79 Å². The number of hydrogen-bond donors (Lipinski definition) is 0. The molecule has 5 rings (SSSR count). The van der Waals surface area contributed by atoms with Crippen LogP contribution in [0.1, 0.15) is 42.9 Å². The number of hydrogen-bond acceptors (Lipinski definition) is 5. The van der Waals surface area contributed by atoms with Crippen molar-refractivity contribution in [2.24, 2.45) is 0 Å². The molecule has 1 saturated heterocycles. The molecule has 1 unspecified atom stereocenters. The number of rotatable bonds is 3. The first-order valence-corrected chi connectivity index (χ1v) is 10.4. The fraction of sp³-hybridized carbons (Fsp3) is 0.455. The molecule has 1 amide bonds. The van der Waals surface area contributed by atoms with Crippen LogP contribution in [0.15, 0.2) is 36.5 Å². The molecule has 0 radical (unpaired) electrons. The van der Waals surface area contributed by atoms with Crippen molar-refractivity contribution in [3.8, 4) is 0 Å². The molecule has 3 aromatic rings. The number of aromatic nitrogens is 4. The van der Waals surface area contributed by atoms with E-state index in [2.05, 4.69) is 48.9 Å². The second kappa shape index (κ2) is 7.55. The summed E-state index contributed by atoms with van der Waals surface area (Å²) in [6, 6.07) is 10.4. The van der Waals surface area contributed by atoms with Gasteiger partial charge in [-0.25, -0.2) is 0 Å². The van der Waals surface area contributed by atoms with Crippen LogP contribution >= 0.6 is 0 Å². The Labute approximate surface area is 170 Å². The van der Waals surface area contributed by atoms with Crippen LogP contribution in [-0.2, 0) is 24.4 Å². The third-order valence-corrected chi connectivity index (χ3v) is 6.23. The van der Waals surface area contributed by atoms with Crippen LogP contribution in [0.4, 0.5) is 0 Å². The Kier molecular flexibility index (Phi) is 4.75. The lowest BCUT2D eigenvalue weighted by atomic mass is 9.97. The van der Waals surface area contributed by atoms with E-state index in [9.17, 15) is 4.79 Å². The van der Waals surface area contributed by atoms with Crippen LogP contribution in [0.25, 0.3) is 10.9 Å². The lowest BCUT2D eigenvalue weighted by Crippen LogP contribution is -2.39. The minimum Gasteiger partial charge on any atom is -0.342 e. The fourth-order valence-electron chi connectivity index (χ4n) is 4.67. The number of para-hydroxylation sites is 1. The number of nitrogens with zero attached hydrogens (tertiary/aromatic N) is 6. The van der Waals surface area contributed by atoms with Gasteiger partial charge in [-0.05, 0) is 30.5 Å². The molecular formula is C22H26N6O. The van der Waals surface area contributed by atoms with E-state index in [1.165, 1.54) is 10.9 Å². The molecule has 4 heterocycles. The molecule has 1 fully saturated rings. The third-order valence-electron chi connectivity index (χ3n) is 6.23. The number of carbonyl (C=O) groups is 1.